The van der Waals surface area contributed by atoms with Crippen molar-refractivity contribution in [2.24, 2.45) is 0 Å². The van der Waals surface area contributed by atoms with Gasteiger partial charge in [-0.05, 0) is 31.4 Å². The van der Waals surface area contributed by atoms with Crippen molar-refractivity contribution >= 4 is 11.8 Å². The lowest BCUT2D eigenvalue weighted by Crippen LogP contribution is -2.30. The second-order valence-corrected chi connectivity index (χ2v) is 5.34. The highest BCUT2D eigenvalue weighted by Crippen LogP contribution is 2.25. The van der Waals surface area contributed by atoms with Crippen LogP contribution in [0.5, 0.6) is 0 Å². The third-order valence-electron chi connectivity index (χ3n) is 2.79. The second-order valence-electron chi connectivity index (χ2n) is 3.93. The van der Waals surface area contributed by atoms with Crippen molar-refractivity contribution in [2.45, 2.75) is 37.0 Å². The summed E-state index contributed by atoms with van der Waals surface area (Å²) >= 11 is 2.12. The van der Waals surface area contributed by atoms with Crippen LogP contribution in [0.3, 0.4) is 0 Å². The molecule has 0 aliphatic carbocycles. The van der Waals surface area contributed by atoms with E-state index in [4.69, 9.17) is 4.74 Å². The summed E-state index contributed by atoms with van der Waals surface area (Å²) in [6, 6.07) is 0. The standard InChI is InChI=1S/C10H19NOS/c1-3-9(12-5-1)7-11-8-10-4-2-6-13-10/h9-11H,1-8H2. The number of nitrogens with one attached hydrogen (secondary N) is 1. The normalized spacial score (nSPS) is 34.2. The van der Waals surface area contributed by atoms with Crippen molar-refractivity contribution in [1.29, 1.82) is 0 Å². The van der Waals surface area contributed by atoms with Crippen LogP contribution in [0.1, 0.15) is 25.7 Å². The summed E-state index contributed by atoms with van der Waals surface area (Å²) in [6.45, 7) is 3.23. The maximum Gasteiger partial charge on any atom is 0.0700 e. The number of ether oxygens (including phenoxy) is 1. The molecule has 2 saturated heterocycles. The van der Waals surface area contributed by atoms with E-state index in [1.165, 1.54) is 38.0 Å². The predicted octanol–water partition coefficient (Wildman–Crippen LogP) is 1.65. The first-order chi connectivity index (χ1) is 6.45. The van der Waals surface area contributed by atoms with E-state index < -0.39 is 0 Å². The molecule has 0 aromatic rings. The zero-order chi connectivity index (χ0) is 8.93. The minimum Gasteiger partial charge on any atom is -0.377 e. The van der Waals surface area contributed by atoms with Gasteiger partial charge in [0.1, 0.15) is 0 Å². The maximum absolute atomic E-state index is 5.55. The highest BCUT2D eigenvalue weighted by atomic mass is 32.2. The molecular formula is C10H19NOS. The molecule has 2 unspecified atom stereocenters. The fraction of sp³-hybridized carbons (Fsp3) is 1.00. The Kier molecular flexibility index (Phi) is 3.94. The molecule has 0 saturated carbocycles. The zero-order valence-corrected chi connectivity index (χ0v) is 8.94. The summed E-state index contributed by atoms with van der Waals surface area (Å²) in [5, 5.41) is 4.40. The van der Waals surface area contributed by atoms with Crippen LogP contribution in [0.15, 0.2) is 0 Å². The van der Waals surface area contributed by atoms with Crippen molar-refractivity contribution < 1.29 is 4.74 Å². The van der Waals surface area contributed by atoms with Crippen LogP contribution in [0, 0.1) is 0 Å². The van der Waals surface area contributed by atoms with Gasteiger partial charge in [-0.1, -0.05) is 0 Å². The van der Waals surface area contributed by atoms with Gasteiger partial charge < -0.3 is 10.1 Å². The monoisotopic (exact) mass is 201 g/mol. The van der Waals surface area contributed by atoms with Crippen molar-refractivity contribution in [3.05, 3.63) is 0 Å². The molecule has 0 aromatic heterocycles. The lowest BCUT2D eigenvalue weighted by Gasteiger charge is -2.13. The highest BCUT2D eigenvalue weighted by Gasteiger charge is 2.17. The van der Waals surface area contributed by atoms with Gasteiger partial charge >= 0.3 is 0 Å². The van der Waals surface area contributed by atoms with Crippen molar-refractivity contribution in [1.82, 2.24) is 5.32 Å². The molecule has 2 aliphatic heterocycles. The topological polar surface area (TPSA) is 21.3 Å². The van der Waals surface area contributed by atoms with Gasteiger partial charge in [0.05, 0.1) is 6.10 Å². The van der Waals surface area contributed by atoms with Crippen LogP contribution in [-0.4, -0.2) is 36.8 Å². The zero-order valence-electron chi connectivity index (χ0n) is 8.13. The number of thioether (sulfide) groups is 1. The quantitative estimate of drug-likeness (QED) is 0.747. The van der Waals surface area contributed by atoms with Crippen LogP contribution in [0.4, 0.5) is 0 Å². The first kappa shape index (κ1) is 9.81. The fourth-order valence-corrected chi connectivity index (χ4v) is 3.25. The molecule has 3 heteroatoms. The smallest absolute Gasteiger partial charge is 0.0700 e. The molecule has 0 spiro atoms. The van der Waals surface area contributed by atoms with Gasteiger partial charge in [0, 0.05) is 24.9 Å². The fourth-order valence-electron chi connectivity index (χ4n) is 2.02. The van der Waals surface area contributed by atoms with Crippen LogP contribution >= 0.6 is 11.8 Å². The Balaban J connectivity index is 1.52. The van der Waals surface area contributed by atoms with Gasteiger partial charge in [-0.3, -0.25) is 0 Å². The summed E-state index contributed by atoms with van der Waals surface area (Å²) < 4.78 is 5.55. The van der Waals surface area contributed by atoms with E-state index in [-0.39, 0.29) is 0 Å². The SMILES string of the molecule is C1COC(CNCC2CCCS2)C1. The highest BCUT2D eigenvalue weighted by molar-refractivity contribution is 8.00. The number of hydrogen-bond donors (Lipinski definition) is 1. The number of rotatable bonds is 4. The molecule has 2 nitrogen and oxygen atoms in total. The van der Waals surface area contributed by atoms with Gasteiger partial charge in [-0.25, -0.2) is 0 Å². The van der Waals surface area contributed by atoms with E-state index >= 15 is 0 Å². The van der Waals surface area contributed by atoms with Gasteiger partial charge in [-0.15, -0.1) is 0 Å². The Bertz CT molecular complexity index is 126. The molecule has 2 fully saturated rings. The molecule has 2 atom stereocenters. The first-order valence-electron chi connectivity index (χ1n) is 5.39. The molecule has 2 rings (SSSR count). The maximum atomic E-state index is 5.55. The average molecular weight is 201 g/mol. The molecule has 0 bridgehead atoms. The van der Waals surface area contributed by atoms with Gasteiger partial charge in [-0.2, -0.15) is 11.8 Å². The van der Waals surface area contributed by atoms with Crippen molar-refractivity contribution in [3.63, 3.8) is 0 Å². The van der Waals surface area contributed by atoms with Gasteiger partial charge in [0.25, 0.3) is 0 Å². The minimum atomic E-state index is 0.506. The van der Waals surface area contributed by atoms with Gasteiger partial charge in [0.15, 0.2) is 0 Å². The van der Waals surface area contributed by atoms with Crippen LogP contribution < -0.4 is 5.32 Å². The van der Waals surface area contributed by atoms with E-state index in [0.29, 0.717) is 6.10 Å². The molecule has 13 heavy (non-hydrogen) atoms. The lowest BCUT2D eigenvalue weighted by molar-refractivity contribution is 0.110. The summed E-state index contributed by atoms with van der Waals surface area (Å²) in [5.74, 6) is 1.37. The van der Waals surface area contributed by atoms with Crippen molar-refractivity contribution in [2.75, 3.05) is 25.4 Å². The third kappa shape index (κ3) is 3.15. The summed E-state index contributed by atoms with van der Waals surface area (Å²) in [5.41, 5.74) is 0. The molecule has 2 heterocycles. The molecule has 0 radical (unpaired) electrons. The molecule has 76 valence electrons. The van der Waals surface area contributed by atoms with E-state index in [0.717, 1.165) is 18.4 Å². The number of hydrogen-bond acceptors (Lipinski definition) is 3. The average Bonchev–Trinajstić information content (AvgIpc) is 2.75. The Morgan fingerprint density at radius 2 is 2.23 bits per heavy atom. The largest absolute Gasteiger partial charge is 0.377 e. The minimum absolute atomic E-state index is 0.506. The van der Waals surface area contributed by atoms with E-state index in [1.54, 1.807) is 0 Å². The Hall–Kier alpha value is 0.270. The Morgan fingerprint density at radius 1 is 1.23 bits per heavy atom. The Morgan fingerprint density at radius 3 is 2.92 bits per heavy atom. The second kappa shape index (κ2) is 5.23. The first-order valence-corrected chi connectivity index (χ1v) is 6.44. The summed E-state index contributed by atoms with van der Waals surface area (Å²) in [4.78, 5) is 0. The van der Waals surface area contributed by atoms with Crippen LogP contribution in [0.25, 0.3) is 0 Å². The molecular weight excluding hydrogens is 182 g/mol. The van der Waals surface area contributed by atoms with E-state index in [2.05, 4.69) is 17.1 Å². The van der Waals surface area contributed by atoms with E-state index in [9.17, 15) is 0 Å². The van der Waals surface area contributed by atoms with Crippen LogP contribution in [0.2, 0.25) is 0 Å². The van der Waals surface area contributed by atoms with Crippen molar-refractivity contribution in [3.8, 4) is 0 Å². The predicted molar refractivity (Wildman–Crippen MR) is 57.3 cm³/mol. The molecule has 1 N–H and O–H groups in total. The lowest BCUT2D eigenvalue weighted by atomic mass is 10.2. The molecule has 0 aromatic carbocycles. The molecule has 0 amide bonds. The van der Waals surface area contributed by atoms with E-state index in [1.807, 2.05) is 0 Å². The summed E-state index contributed by atoms with van der Waals surface area (Å²) in [7, 11) is 0. The van der Waals surface area contributed by atoms with Gasteiger partial charge in [0.2, 0.25) is 0 Å². The summed E-state index contributed by atoms with van der Waals surface area (Å²) in [6.07, 6.45) is 5.83. The Labute approximate surface area is 84.8 Å². The molecule has 2 aliphatic rings. The van der Waals surface area contributed by atoms with Crippen LogP contribution in [-0.2, 0) is 4.74 Å². The third-order valence-corrected chi connectivity index (χ3v) is 4.19.